The summed E-state index contributed by atoms with van der Waals surface area (Å²) in [4.78, 5) is 142. The van der Waals surface area contributed by atoms with Gasteiger partial charge in [0.2, 0.25) is 59.3 Å². The van der Waals surface area contributed by atoms with Crippen molar-refractivity contribution in [2.75, 3.05) is 25.5 Å². The van der Waals surface area contributed by atoms with Crippen LogP contribution in [0.5, 0.6) is 51.7 Å². The van der Waals surface area contributed by atoms with Gasteiger partial charge in [-0.05, 0) is 127 Å². The predicted molar refractivity (Wildman–Crippen MR) is 412 cm³/mol. The van der Waals surface area contributed by atoms with Crippen molar-refractivity contribution in [1.82, 2.24) is 42.5 Å². The summed E-state index contributed by atoms with van der Waals surface area (Å²) >= 11 is 15.4. The number of aliphatic hydroxyl groups excluding tert-OH is 7. The minimum atomic E-state index is -2.43. The highest BCUT2D eigenvalue weighted by atomic mass is 35.5. The molecule has 0 unspecified atom stereocenters. The van der Waals surface area contributed by atoms with Crippen LogP contribution in [0.25, 0.3) is 11.1 Å². The summed E-state index contributed by atoms with van der Waals surface area (Å²) in [5, 5.41) is 145. The van der Waals surface area contributed by atoms with Crippen LogP contribution in [0.1, 0.15) is 111 Å². The van der Waals surface area contributed by atoms with Crippen LogP contribution in [-0.4, -0.2) is 225 Å². The average molecular weight is 1700 g/mol. The molecule has 2 saturated heterocycles. The van der Waals surface area contributed by atoms with E-state index >= 15 is 19.2 Å². The lowest BCUT2D eigenvalue weighted by Crippen LogP contribution is -2.65. The Balaban J connectivity index is 1.10. The number of ether oxygens (including phenoxy) is 7. The molecule has 632 valence electrons. The van der Waals surface area contributed by atoms with Crippen LogP contribution >= 0.6 is 35.0 Å². The number of aromatic hydroxyl groups is 3. The molecule has 38 nitrogen and oxygen atoms in total. The number of nitrogens with one attached hydrogen (secondary N) is 8. The molecule has 0 saturated carbocycles. The summed E-state index contributed by atoms with van der Waals surface area (Å²) < 4.78 is 45.2. The van der Waals surface area contributed by atoms with E-state index in [1.165, 1.54) is 25.6 Å². The van der Waals surface area contributed by atoms with E-state index in [0.717, 1.165) is 85.8 Å². The van der Waals surface area contributed by atoms with E-state index in [1.54, 1.807) is 25.1 Å². The Morgan fingerprint density at radius 3 is 2.01 bits per heavy atom. The molecular weight excluding hydrogens is 1620 g/mol. The number of hydrogen-bond donors (Lipinski definition) is 21. The third-order valence-corrected chi connectivity index (χ3v) is 21.6. The quantitative estimate of drug-likeness (QED) is 0.0427. The van der Waals surface area contributed by atoms with Gasteiger partial charge in [0.25, 0.3) is 0 Å². The van der Waals surface area contributed by atoms with Gasteiger partial charge in [-0.2, -0.15) is 0 Å². The number of carbonyl (C=O) groups is 10. The summed E-state index contributed by atoms with van der Waals surface area (Å²) in [5.41, 5.74) is 7.95. The second-order valence-corrected chi connectivity index (χ2v) is 30.8. The number of rotatable bonds is 21. The van der Waals surface area contributed by atoms with Gasteiger partial charge in [-0.1, -0.05) is 65.3 Å². The zero-order valence-corrected chi connectivity index (χ0v) is 65.4. The lowest BCUT2D eigenvalue weighted by molar-refractivity contribution is -0.334. The van der Waals surface area contributed by atoms with Gasteiger partial charge in [-0.3, -0.25) is 47.9 Å². The Morgan fingerprint density at radius 1 is 0.729 bits per heavy atom. The number of carbonyl (C=O) groups excluding carboxylic acids is 9. The Labute approximate surface area is 685 Å². The van der Waals surface area contributed by atoms with Crippen molar-refractivity contribution in [3.63, 3.8) is 0 Å². The molecule has 118 heavy (non-hydrogen) atoms. The summed E-state index contributed by atoms with van der Waals surface area (Å²) in [6.45, 7) is 4.15. The van der Waals surface area contributed by atoms with Crippen LogP contribution in [-0.2, 0) is 68.7 Å². The van der Waals surface area contributed by atoms with Gasteiger partial charge < -0.3 is 143 Å². The van der Waals surface area contributed by atoms with Crippen LogP contribution in [0.15, 0.2) is 103 Å². The number of carboxylic acids is 1. The molecule has 6 aromatic rings. The van der Waals surface area contributed by atoms with Gasteiger partial charge in [0.05, 0.1) is 48.0 Å². The first-order valence-electron chi connectivity index (χ1n) is 36.7. The second kappa shape index (κ2) is 37.5. The molecule has 7 aliphatic rings. The number of phenols is 3. The molecular formula is C77H86Cl2N10O28S. The highest BCUT2D eigenvalue weighted by Crippen LogP contribution is 2.50. The molecule has 6 aromatic carbocycles. The highest BCUT2D eigenvalue weighted by Gasteiger charge is 2.52. The first-order chi connectivity index (χ1) is 55.9. The number of aliphatic hydroxyl groups is 7. The maximum Gasteiger partial charge on any atom is 0.322 e. The van der Waals surface area contributed by atoms with Crippen molar-refractivity contribution >= 4 is 93.3 Å². The average Bonchev–Trinajstić information content (AvgIpc) is 0.765. The lowest BCUT2D eigenvalue weighted by atomic mass is 9.84. The molecule has 8 amide bonds. The number of nitrogens with two attached hydrogens (primary N) is 2. The summed E-state index contributed by atoms with van der Waals surface area (Å²) in [5.74, 6) is -17.2. The number of benzene rings is 6. The fourth-order valence-corrected chi connectivity index (χ4v) is 14.8. The Kier molecular flexibility index (Phi) is 28.0. The maximum absolute atomic E-state index is 16.2. The number of primary amides is 1. The van der Waals surface area contributed by atoms with Gasteiger partial charge in [-0.25, -0.2) is 0 Å². The minimum absolute atomic E-state index is 0.0253. The molecule has 41 heteroatoms. The van der Waals surface area contributed by atoms with Crippen LogP contribution in [0.3, 0.4) is 0 Å². The molecule has 0 spiro atoms. The zero-order chi connectivity index (χ0) is 85.6. The zero-order valence-electron chi connectivity index (χ0n) is 63.0. The van der Waals surface area contributed by atoms with Crippen molar-refractivity contribution in [2.45, 2.75) is 169 Å². The van der Waals surface area contributed by atoms with E-state index in [4.69, 9.17) is 67.8 Å². The fraction of sp³-hybridized carbons (Fsp3) is 0.403. The fourth-order valence-electron chi connectivity index (χ4n) is 13.8. The number of aliphatic carboxylic acids is 1. The standard InChI is InChI=1S/C77H86Cl2N10O28S/c1-30(91)56(81)70(105)88-60-62(99)35-10-13-47(42(78)19-35)113-49-21-37-22-50(66(49)117-76-67(65(102)64(101)51(29-90)115-76)116-54-26-77(4,68(103)31(2)112-54)83-27-33-7-5-8-39(17-33)111-15-6-16-118-32(3)92)114-48-14-11-36(20-43(48)79)63(100)61-75(110)87-59(71(106)82-28-53(97)98)41-23-38(93)24-46(95)55(41)40-18-34(9-12-45(40)94)57(72(107)89-61)86-73(108)58(37)85-69(104)44(25-52(80)96)84-74(60)109/h5,7-14,17-24,30-31,44,51,54,56-65,67-68,76,83,90-91,93-95,99-103H,6,15-16,25-29,81H2,1-4H3,(H2,80,96)(H,82,106)(H,84,109)(H,85,104)(H,86,108)(H,87,110)(H,88,105)(H,89,107)(H,97,98)/t30-,31+,44+,51-,54+,56+,57-,58-,59+,60-,61+,62-,63-,64-,65+,67-,68-,76+,77+/m1/s1. The number of thioether (sulfide) groups is 1. The SMILES string of the molecule is CC(=O)SCCCOc1cccc(CN[C@@]2(C)C[C@H](O[C@H]3[C@H](Oc4c5cc6cc4Oc4ccc(cc4Cl)[C@@H](O)[C@@H](NC(=O)[C@@H](N)[C@@H](C)O)C(=O)N[C@@H](CC(N)=O)C(=O)N[C@H]6C(=O)N[C@H]4C(=O)N[C@H](C(=O)N[C@H](C(=O)NCC(=O)O)c6cc(O)cc(O)c6-c6cc4ccc6O)[C@H](O)c4ccc(c(Cl)c4)O5)O[C@H](CO)[C@@H](O)[C@@H]3O)O[C@@H](C)[C@H]2O)c1. The van der Waals surface area contributed by atoms with E-state index in [9.17, 15) is 84.9 Å². The maximum atomic E-state index is 16.2. The number of halogens is 2. The normalized spacial score (nSPS) is 27.0. The van der Waals surface area contributed by atoms with Gasteiger partial charge in [0.15, 0.2) is 29.0 Å². The van der Waals surface area contributed by atoms with Crippen LogP contribution in [0.2, 0.25) is 10.0 Å². The van der Waals surface area contributed by atoms with E-state index in [1.807, 2.05) is 6.07 Å². The number of fused-ring (bicyclic) bond motifs is 15. The smallest absolute Gasteiger partial charge is 0.322 e. The second-order valence-electron chi connectivity index (χ2n) is 28.7. The van der Waals surface area contributed by atoms with Crippen molar-refractivity contribution < 1.29 is 137 Å². The molecule has 13 rings (SSSR count). The molecule has 0 aromatic heterocycles. The van der Waals surface area contributed by atoms with Gasteiger partial charge >= 0.3 is 5.97 Å². The third kappa shape index (κ3) is 20.2. The molecule has 19 atom stereocenters. The van der Waals surface area contributed by atoms with E-state index in [-0.39, 0.29) is 29.2 Å². The summed E-state index contributed by atoms with van der Waals surface area (Å²) in [6, 6.07) is 4.70. The molecule has 2 fully saturated rings. The number of phenolic OH excluding ortho intramolecular Hbond substituents is 3. The number of carboxylic acid groups (broad SMARTS) is 1. The highest BCUT2D eigenvalue weighted by molar-refractivity contribution is 8.13. The van der Waals surface area contributed by atoms with Crippen LogP contribution in [0, 0.1) is 0 Å². The first-order valence-corrected chi connectivity index (χ1v) is 38.4. The third-order valence-electron chi connectivity index (χ3n) is 20.1. The molecule has 23 N–H and O–H groups in total. The lowest BCUT2D eigenvalue weighted by Gasteiger charge is -2.48. The monoisotopic (exact) mass is 1700 g/mol. The van der Waals surface area contributed by atoms with Crippen molar-refractivity contribution in [3.8, 4) is 62.9 Å². The molecule has 7 heterocycles. The summed E-state index contributed by atoms with van der Waals surface area (Å²) in [6.07, 6.45) is -20.5. The Hall–Kier alpha value is -10.7. The number of amides is 8. The predicted octanol–water partition coefficient (Wildman–Crippen LogP) is 0.176. The minimum Gasteiger partial charge on any atom is -0.508 e. The molecule has 7 aliphatic heterocycles. The van der Waals surface area contributed by atoms with Crippen LogP contribution < -0.4 is 72.9 Å². The van der Waals surface area contributed by atoms with E-state index in [2.05, 4.69) is 42.5 Å². The van der Waals surface area contributed by atoms with E-state index in [0.29, 0.717) is 30.1 Å². The molecule has 0 aliphatic carbocycles. The largest absolute Gasteiger partial charge is 0.508 e. The Bertz CT molecular complexity index is 4860. The molecule has 0 radical (unpaired) electrons. The van der Waals surface area contributed by atoms with Gasteiger partial charge in [0, 0.05) is 48.4 Å². The molecule has 11 bridgehead atoms. The van der Waals surface area contributed by atoms with Gasteiger partial charge in [0.1, 0.15) is 114 Å². The summed E-state index contributed by atoms with van der Waals surface area (Å²) in [7, 11) is 0. The van der Waals surface area contributed by atoms with E-state index < -0.39 is 272 Å². The van der Waals surface area contributed by atoms with Crippen LogP contribution in [0.4, 0.5) is 0 Å². The van der Waals surface area contributed by atoms with Crippen molar-refractivity contribution in [2.24, 2.45) is 11.5 Å². The number of hydrogen-bond acceptors (Lipinski definition) is 30. The van der Waals surface area contributed by atoms with Crippen molar-refractivity contribution in [3.05, 3.63) is 147 Å². The Morgan fingerprint density at radius 2 is 1.37 bits per heavy atom. The van der Waals surface area contributed by atoms with Gasteiger partial charge in [-0.15, -0.1) is 0 Å². The van der Waals surface area contributed by atoms with Crippen molar-refractivity contribution in [1.29, 1.82) is 0 Å². The topological polar surface area (TPSA) is 606 Å². The first kappa shape index (κ1) is 88.1.